The number of fused-ring (bicyclic) bond motifs is 5. The van der Waals surface area contributed by atoms with Crippen LogP contribution in [-0.2, 0) is 9.59 Å². The largest absolute Gasteiger partial charge is 0.274 e. The molecule has 4 rings (SSSR count). The first-order chi connectivity index (χ1) is 9.20. The second-order valence-corrected chi connectivity index (χ2v) is 5.80. The van der Waals surface area contributed by atoms with Crippen molar-refractivity contribution in [2.45, 2.75) is 6.92 Å². The Labute approximate surface area is 111 Å². The summed E-state index contributed by atoms with van der Waals surface area (Å²) in [6.07, 6.45) is 4.27. The van der Waals surface area contributed by atoms with Gasteiger partial charge in [0.05, 0.1) is 17.5 Å². The summed E-state index contributed by atoms with van der Waals surface area (Å²) >= 11 is 0. The van der Waals surface area contributed by atoms with Gasteiger partial charge in [0.2, 0.25) is 11.8 Å². The summed E-state index contributed by atoms with van der Waals surface area (Å²) < 4.78 is 0. The van der Waals surface area contributed by atoms with Crippen molar-refractivity contribution in [2.75, 3.05) is 4.90 Å². The smallest absolute Gasteiger partial charge is 0.238 e. The van der Waals surface area contributed by atoms with Gasteiger partial charge in [0.15, 0.2) is 0 Å². The van der Waals surface area contributed by atoms with E-state index in [1.165, 1.54) is 4.90 Å². The van der Waals surface area contributed by atoms with Gasteiger partial charge in [-0.25, -0.2) is 0 Å². The molecular weight excluding hydrogens is 238 g/mol. The van der Waals surface area contributed by atoms with Crippen LogP contribution in [0.4, 0.5) is 5.69 Å². The first-order valence-electron chi connectivity index (χ1n) is 6.81. The lowest BCUT2D eigenvalue weighted by atomic mass is 9.85. The summed E-state index contributed by atoms with van der Waals surface area (Å²) in [7, 11) is 0. The molecule has 1 saturated carbocycles. The molecule has 4 unspecified atom stereocenters. The number of rotatable bonds is 1. The Morgan fingerprint density at radius 1 is 0.895 bits per heavy atom. The molecule has 3 aliphatic rings. The highest BCUT2D eigenvalue weighted by atomic mass is 16.2. The van der Waals surface area contributed by atoms with Crippen LogP contribution in [0.1, 0.15) is 6.92 Å². The van der Waals surface area contributed by atoms with E-state index in [2.05, 4.69) is 19.1 Å². The summed E-state index contributed by atoms with van der Waals surface area (Å²) in [5.74, 6) is 0.659. The monoisotopic (exact) mass is 253 g/mol. The molecule has 1 aromatic rings. The van der Waals surface area contributed by atoms with Gasteiger partial charge in [-0.3, -0.25) is 14.5 Å². The molecule has 1 saturated heterocycles. The van der Waals surface area contributed by atoms with Crippen LogP contribution in [0.5, 0.6) is 0 Å². The maximum absolute atomic E-state index is 12.6. The van der Waals surface area contributed by atoms with Gasteiger partial charge in [0.1, 0.15) is 0 Å². The molecule has 19 heavy (non-hydrogen) atoms. The van der Waals surface area contributed by atoms with Crippen molar-refractivity contribution in [1.82, 2.24) is 0 Å². The van der Waals surface area contributed by atoms with E-state index in [1.54, 1.807) is 0 Å². The van der Waals surface area contributed by atoms with E-state index in [0.717, 1.165) is 0 Å². The van der Waals surface area contributed by atoms with E-state index in [4.69, 9.17) is 0 Å². The van der Waals surface area contributed by atoms with Crippen LogP contribution in [0.2, 0.25) is 0 Å². The number of hydrogen-bond acceptors (Lipinski definition) is 2. The third kappa shape index (κ3) is 1.23. The molecule has 2 bridgehead atoms. The first kappa shape index (κ1) is 11.0. The van der Waals surface area contributed by atoms with Crippen molar-refractivity contribution in [3.8, 4) is 0 Å². The number of imide groups is 1. The topological polar surface area (TPSA) is 37.4 Å². The minimum atomic E-state index is -0.127. The molecule has 2 fully saturated rings. The van der Waals surface area contributed by atoms with Gasteiger partial charge in [-0.2, -0.15) is 0 Å². The number of carbonyl (C=O) groups excluding carboxylic acids is 2. The number of anilines is 1. The number of para-hydroxylation sites is 1. The van der Waals surface area contributed by atoms with Gasteiger partial charge in [0.25, 0.3) is 0 Å². The summed E-state index contributed by atoms with van der Waals surface area (Å²) in [6.45, 7) is 2.15. The minimum Gasteiger partial charge on any atom is -0.274 e. The number of benzene rings is 1. The maximum Gasteiger partial charge on any atom is 0.238 e. The SMILES string of the molecule is CC1C2C=CC1C1C(=O)N(c3ccccc3)C(=O)C21. The van der Waals surface area contributed by atoms with E-state index in [1.807, 2.05) is 30.3 Å². The minimum absolute atomic E-state index is 0.00935. The van der Waals surface area contributed by atoms with E-state index < -0.39 is 0 Å². The van der Waals surface area contributed by atoms with Gasteiger partial charge in [-0.05, 0) is 29.9 Å². The number of nitrogens with zero attached hydrogens (tertiary/aromatic N) is 1. The normalized spacial score (nSPS) is 39.2. The zero-order chi connectivity index (χ0) is 13.1. The molecule has 0 spiro atoms. The van der Waals surface area contributed by atoms with E-state index >= 15 is 0 Å². The fraction of sp³-hybridized carbons (Fsp3) is 0.375. The van der Waals surface area contributed by atoms with E-state index in [0.29, 0.717) is 11.6 Å². The summed E-state index contributed by atoms with van der Waals surface area (Å²) in [5, 5.41) is 0. The average Bonchev–Trinajstić information content (AvgIpc) is 3.01. The molecule has 96 valence electrons. The Bertz CT molecular complexity index is 560. The lowest BCUT2D eigenvalue weighted by Crippen LogP contribution is -2.33. The zero-order valence-corrected chi connectivity index (χ0v) is 10.7. The van der Waals surface area contributed by atoms with Gasteiger partial charge in [-0.15, -0.1) is 0 Å². The molecule has 2 aliphatic carbocycles. The Morgan fingerprint density at radius 2 is 1.42 bits per heavy atom. The van der Waals surface area contributed by atoms with Crippen LogP contribution >= 0.6 is 0 Å². The molecule has 4 atom stereocenters. The number of amides is 2. The van der Waals surface area contributed by atoms with Gasteiger partial charge >= 0.3 is 0 Å². The van der Waals surface area contributed by atoms with Crippen LogP contribution in [0, 0.1) is 29.6 Å². The summed E-state index contributed by atoms with van der Waals surface area (Å²) in [4.78, 5) is 26.6. The molecule has 3 heteroatoms. The van der Waals surface area contributed by atoms with Crippen LogP contribution in [0.3, 0.4) is 0 Å². The molecule has 0 radical (unpaired) electrons. The van der Waals surface area contributed by atoms with E-state index in [-0.39, 0.29) is 35.5 Å². The number of hydrogen-bond donors (Lipinski definition) is 0. The van der Waals surface area contributed by atoms with Gasteiger partial charge < -0.3 is 0 Å². The lowest BCUT2D eigenvalue weighted by molar-refractivity contribution is -0.123. The Hall–Kier alpha value is -1.90. The number of carbonyl (C=O) groups is 2. The maximum atomic E-state index is 12.6. The predicted octanol–water partition coefficient (Wildman–Crippen LogP) is 2.24. The van der Waals surface area contributed by atoms with Crippen LogP contribution in [0.25, 0.3) is 0 Å². The highest BCUT2D eigenvalue weighted by Gasteiger charge is 2.62. The Kier molecular flexibility index (Phi) is 2.06. The third-order valence-electron chi connectivity index (χ3n) is 5.01. The van der Waals surface area contributed by atoms with E-state index in [9.17, 15) is 9.59 Å². The van der Waals surface area contributed by atoms with Crippen LogP contribution in [0.15, 0.2) is 42.5 Å². The average molecular weight is 253 g/mol. The molecule has 3 nitrogen and oxygen atoms in total. The second kappa shape index (κ2) is 3.56. The summed E-state index contributed by atoms with van der Waals surface area (Å²) in [6, 6.07) is 9.27. The van der Waals surface area contributed by atoms with Crippen molar-refractivity contribution in [3.63, 3.8) is 0 Å². The molecule has 0 aromatic heterocycles. The zero-order valence-electron chi connectivity index (χ0n) is 10.7. The lowest BCUT2D eigenvalue weighted by Gasteiger charge is -2.19. The molecule has 1 heterocycles. The molecular formula is C16H15NO2. The fourth-order valence-electron chi connectivity index (χ4n) is 4.11. The first-order valence-corrected chi connectivity index (χ1v) is 6.81. The Balaban J connectivity index is 1.77. The molecule has 1 aromatic carbocycles. The predicted molar refractivity (Wildman–Crippen MR) is 71.2 cm³/mol. The quantitative estimate of drug-likeness (QED) is 0.568. The van der Waals surface area contributed by atoms with Crippen molar-refractivity contribution in [2.24, 2.45) is 29.6 Å². The van der Waals surface area contributed by atoms with Crippen molar-refractivity contribution < 1.29 is 9.59 Å². The second-order valence-electron chi connectivity index (χ2n) is 5.80. The third-order valence-corrected chi connectivity index (χ3v) is 5.01. The molecule has 0 N–H and O–H groups in total. The Morgan fingerprint density at radius 3 is 1.95 bits per heavy atom. The molecule has 1 aliphatic heterocycles. The van der Waals surface area contributed by atoms with Crippen molar-refractivity contribution >= 4 is 17.5 Å². The van der Waals surface area contributed by atoms with Crippen molar-refractivity contribution in [1.29, 1.82) is 0 Å². The van der Waals surface area contributed by atoms with Gasteiger partial charge in [0, 0.05) is 0 Å². The standard InChI is InChI=1S/C16H15NO2/c1-9-11-7-8-12(9)14-13(11)15(18)17(16(14)19)10-5-3-2-4-6-10/h2-9,11-14H,1H3. The fourth-order valence-corrected chi connectivity index (χ4v) is 4.11. The van der Waals surface area contributed by atoms with Crippen LogP contribution in [-0.4, -0.2) is 11.8 Å². The highest BCUT2D eigenvalue weighted by molar-refractivity contribution is 6.22. The number of allylic oxidation sites excluding steroid dienone is 2. The van der Waals surface area contributed by atoms with Gasteiger partial charge in [-0.1, -0.05) is 37.3 Å². The molecule has 2 amide bonds. The van der Waals surface area contributed by atoms with Crippen LogP contribution < -0.4 is 4.90 Å². The summed E-state index contributed by atoms with van der Waals surface area (Å²) in [5.41, 5.74) is 0.707. The highest BCUT2D eigenvalue weighted by Crippen LogP contribution is 2.56. The van der Waals surface area contributed by atoms with Crippen molar-refractivity contribution in [3.05, 3.63) is 42.5 Å².